The van der Waals surface area contributed by atoms with Gasteiger partial charge in [0.15, 0.2) is 0 Å². The van der Waals surface area contributed by atoms with E-state index in [1.165, 1.54) is 12.1 Å². The number of carboxylic acids is 1. The van der Waals surface area contributed by atoms with E-state index in [-0.39, 0.29) is 5.56 Å². The maximum absolute atomic E-state index is 13.6. The monoisotopic (exact) mass is 225 g/mol. The van der Waals surface area contributed by atoms with Gasteiger partial charge in [0.1, 0.15) is 5.82 Å². The van der Waals surface area contributed by atoms with Gasteiger partial charge in [-0.3, -0.25) is 0 Å². The van der Waals surface area contributed by atoms with Crippen LogP contribution in [0.15, 0.2) is 12.1 Å². The Morgan fingerprint density at radius 2 is 2.06 bits per heavy atom. The zero-order valence-corrected chi connectivity index (χ0v) is 9.67. The topological polar surface area (TPSA) is 63.3 Å². The molecule has 0 amide bonds. The SMILES string of the molecule is Cc1cc(F)c(CC(C)(C)N)cc1C(=O)O. The Morgan fingerprint density at radius 1 is 1.50 bits per heavy atom. The fourth-order valence-electron chi connectivity index (χ4n) is 1.57. The van der Waals surface area contributed by atoms with Crippen molar-refractivity contribution in [3.05, 3.63) is 34.6 Å². The van der Waals surface area contributed by atoms with Gasteiger partial charge in [-0.25, -0.2) is 9.18 Å². The highest BCUT2D eigenvalue weighted by molar-refractivity contribution is 5.89. The van der Waals surface area contributed by atoms with E-state index in [1.54, 1.807) is 20.8 Å². The van der Waals surface area contributed by atoms with Crippen LogP contribution >= 0.6 is 0 Å². The molecular weight excluding hydrogens is 209 g/mol. The molecule has 0 aliphatic carbocycles. The Hall–Kier alpha value is -1.42. The number of rotatable bonds is 3. The van der Waals surface area contributed by atoms with Gasteiger partial charge in [-0.1, -0.05) is 0 Å². The van der Waals surface area contributed by atoms with Crippen LogP contribution in [0.1, 0.15) is 35.3 Å². The molecule has 16 heavy (non-hydrogen) atoms. The Balaban J connectivity index is 3.20. The summed E-state index contributed by atoms with van der Waals surface area (Å²) in [5.74, 6) is -1.45. The molecule has 4 heteroatoms. The first-order chi connectivity index (χ1) is 7.20. The van der Waals surface area contributed by atoms with Crippen molar-refractivity contribution in [1.29, 1.82) is 0 Å². The summed E-state index contributed by atoms with van der Waals surface area (Å²) in [7, 11) is 0. The second-order valence-corrected chi connectivity index (χ2v) is 4.73. The van der Waals surface area contributed by atoms with Gasteiger partial charge in [0.25, 0.3) is 0 Å². The molecule has 0 heterocycles. The van der Waals surface area contributed by atoms with Gasteiger partial charge in [-0.05, 0) is 50.5 Å². The molecule has 0 aliphatic heterocycles. The van der Waals surface area contributed by atoms with Crippen LogP contribution in [-0.4, -0.2) is 16.6 Å². The highest BCUT2D eigenvalue weighted by Crippen LogP contribution is 2.19. The number of halogens is 1. The van der Waals surface area contributed by atoms with Crippen LogP contribution in [-0.2, 0) is 6.42 Å². The maximum Gasteiger partial charge on any atom is 0.335 e. The molecule has 1 aromatic carbocycles. The first kappa shape index (κ1) is 12.6. The molecule has 1 rings (SSSR count). The van der Waals surface area contributed by atoms with E-state index in [2.05, 4.69) is 0 Å². The third-order valence-corrected chi connectivity index (χ3v) is 2.27. The number of nitrogens with two attached hydrogens (primary N) is 1. The number of hydrogen-bond donors (Lipinski definition) is 2. The number of hydrogen-bond acceptors (Lipinski definition) is 2. The fourth-order valence-corrected chi connectivity index (χ4v) is 1.57. The first-order valence-corrected chi connectivity index (χ1v) is 5.02. The quantitative estimate of drug-likeness (QED) is 0.828. The average molecular weight is 225 g/mol. The van der Waals surface area contributed by atoms with Crippen LogP contribution in [0.4, 0.5) is 4.39 Å². The number of carbonyl (C=O) groups is 1. The molecule has 0 saturated heterocycles. The number of aromatic carboxylic acids is 1. The summed E-state index contributed by atoms with van der Waals surface area (Å²) >= 11 is 0. The summed E-state index contributed by atoms with van der Waals surface area (Å²) in [6, 6.07) is 2.60. The van der Waals surface area contributed by atoms with Gasteiger partial charge in [0.2, 0.25) is 0 Å². The molecule has 1 aromatic rings. The largest absolute Gasteiger partial charge is 0.478 e. The summed E-state index contributed by atoms with van der Waals surface area (Å²) in [5, 5.41) is 8.93. The number of aryl methyl sites for hydroxylation is 1. The van der Waals surface area contributed by atoms with E-state index in [0.717, 1.165) is 0 Å². The van der Waals surface area contributed by atoms with E-state index in [0.29, 0.717) is 17.5 Å². The Bertz CT molecular complexity index is 422. The molecular formula is C12H16FNO2. The third kappa shape index (κ3) is 3.03. The molecule has 0 unspecified atom stereocenters. The van der Waals surface area contributed by atoms with Gasteiger partial charge >= 0.3 is 5.97 Å². The van der Waals surface area contributed by atoms with Crippen LogP contribution in [0.2, 0.25) is 0 Å². The summed E-state index contributed by atoms with van der Waals surface area (Å²) in [6.45, 7) is 5.11. The summed E-state index contributed by atoms with van der Waals surface area (Å²) in [4.78, 5) is 10.9. The van der Waals surface area contributed by atoms with E-state index in [1.807, 2.05) is 0 Å². The van der Waals surface area contributed by atoms with Gasteiger partial charge in [-0.15, -0.1) is 0 Å². The normalized spacial score (nSPS) is 11.6. The van der Waals surface area contributed by atoms with E-state index in [4.69, 9.17) is 10.8 Å². The molecule has 0 radical (unpaired) electrons. The Labute approximate surface area is 94.1 Å². The molecule has 3 N–H and O–H groups in total. The van der Waals surface area contributed by atoms with Crippen molar-refractivity contribution in [1.82, 2.24) is 0 Å². The van der Waals surface area contributed by atoms with Crippen molar-refractivity contribution >= 4 is 5.97 Å². The van der Waals surface area contributed by atoms with Crippen LogP contribution in [0.25, 0.3) is 0 Å². The van der Waals surface area contributed by atoms with Crippen molar-refractivity contribution in [2.45, 2.75) is 32.7 Å². The average Bonchev–Trinajstić information content (AvgIpc) is 2.07. The molecule has 0 fully saturated rings. The minimum Gasteiger partial charge on any atom is -0.478 e. The Morgan fingerprint density at radius 3 is 2.50 bits per heavy atom. The second kappa shape index (κ2) is 4.22. The lowest BCUT2D eigenvalue weighted by molar-refractivity contribution is 0.0696. The maximum atomic E-state index is 13.6. The predicted octanol–water partition coefficient (Wildman–Crippen LogP) is 2.11. The van der Waals surface area contributed by atoms with Crippen molar-refractivity contribution < 1.29 is 14.3 Å². The molecule has 0 bridgehead atoms. The zero-order chi connectivity index (χ0) is 12.5. The van der Waals surface area contributed by atoms with E-state index >= 15 is 0 Å². The Kier molecular flexibility index (Phi) is 3.33. The van der Waals surface area contributed by atoms with Gasteiger partial charge in [0.05, 0.1) is 5.56 Å². The molecule has 3 nitrogen and oxygen atoms in total. The molecule has 0 saturated carbocycles. The lowest BCUT2D eigenvalue weighted by Crippen LogP contribution is -2.34. The van der Waals surface area contributed by atoms with Crippen LogP contribution < -0.4 is 5.73 Å². The predicted molar refractivity (Wildman–Crippen MR) is 60.1 cm³/mol. The highest BCUT2D eigenvalue weighted by Gasteiger charge is 2.18. The summed E-state index contributed by atoms with van der Waals surface area (Å²) in [6.07, 6.45) is 0.305. The van der Waals surface area contributed by atoms with Crippen molar-refractivity contribution in [3.8, 4) is 0 Å². The standard InChI is InChI=1S/C12H16FNO2/c1-7-4-10(13)8(6-12(2,3)14)5-9(7)11(15)16/h4-5H,6,14H2,1-3H3,(H,15,16). The number of carboxylic acid groups (broad SMARTS) is 1. The van der Waals surface area contributed by atoms with Crippen molar-refractivity contribution in [3.63, 3.8) is 0 Å². The molecule has 0 aliphatic rings. The lowest BCUT2D eigenvalue weighted by atomic mass is 9.93. The smallest absolute Gasteiger partial charge is 0.335 e. The van der Waals surface area contributed by atoms with Crippen molar-refractivity contribution in [2.24, 2.45) is 5.73 Å². The third-order valence-electron chi connectivity index (χ3n) is 2.27. The highest BCUT2D eigenvalue weighted by atomic mass is 19.1. The van der Waals surface area contributed by atoms with Gasteiger partial charge in [0, 0.05) is 5.54 Å². The first-order valence-electron chi connectivity index (χ1n) is 5.02. The van der Waals surface area contributed by atoms with Crippen molar-refractivity contribution in [2.75, 3.05) is 0 Å². The molecule has 0 aromatic heterocycles. The van der Waals surface area contributed by atoms with Crippen LogP contribution in [0, 0.1) is 12.7 Å². The van der Waals surface area contributed by atoms with E-state index < -0.39 is 17.3 Å². The second-order valence-electron chi connectivity index (χ2n) is 4.73. The minimum absolute atomic E-state index is 0.126. The lowest BCUT2D eigenvalue weighted by Gasteiger charge is -2.19. The van der Waals surface area contributed by atoms with E-state index in [9.17, 15) is 9.18 Å². The fraction of sp³-hybridized carbons (Fsp3) is 0.417. The van der Waals surface area contributed by atoms with Gasteiger partial charge in [-0.2, -0.15) is 0 Å². The molecule has 0 spiro atoms. The summed E-state index contributed by atoms with van der Waals surface area (Å²) in [5.41, 5.74) is 6.11. The minimum atomic E-state index is -1.05. The molecule has 0 atom stereocenters. The number of benzene rings is 1. The van der Waals surface area contributed by atoms with Crippen LogP contribution in [0.5, 0.6) is 0 Å². The van der Waals surface area contributed by atoms with Crippen LogP contribution in [0.3, 0.4) is 0 Å². The molecule has 88 valence electrons. The zero-order valence-electron chi connectivity index (χ0n) is 9.67. The summed E-state index contributed by atoms with van der Waals surface area (Å²) < 4.78 is 13.6. The van der Waals surface area contributed by atoms with Gasteiger partial charge < -0.3 is 10.8 Å².